The third kappa shape index (κ3) is 7.06. The van der Waals surface area contributed by atoms with Crippen molar-refractivity contribution in [2.24, 2.45) is 5.84 Å². The molecule has 1 unspecified atom stereocenters. The smallest absolute Gasteiger partial charge is 0.0251 e. The number of nitrogens with two attached hydrogens (primary N) is 1. The first-order valence-corrected chi connectivity index (χ1v) is 8.28. The van der Waals surface area contributed by atoms with Gasteiger partial charge in [-0.3, -0.25) is 11.3 Å². The van der Waals surface area contributed by atoms with Gasteiger partial charge in [0, 0.05) is 6.04 Å². The lowest BCUT2D eigenvalue weighted by atomic mass is 9.97. The summed E-state index contributed by atoms with van der Waals surface area (Å²) in [6, 6.07) is 9.01. The number of unbranched alkanes of at least 4 members (excludes halogenated alkanes) is 6. The van der Waals surface area contributed by atoms with Crippen LogP contribution in [0.4, 0.5) is 0 Å². The summed E-state index contributed by atoms with van der Waals surface area (Å²) in [5, 5.41) is 0. The van der Waals surface area contributed by atoms with Crippen molar-refractivity contribution in [2.45, 2.75) is 77.7 Å². The minimum Gasteiger partial charge on any atom is -0.271 e. The zero-order valence-electron chi connectivity index (χ0n) is 13.3. The van der Waals surface area contributed by atoms with E-state index in [2.05, 4.69) is 43.5 Å². The Morgan fingerprint density at radius 1 is 1.00 bits per heavy atom. The van der Waals surface area contributed by atoms with Gasteiger partial charge in [-0.2, -0.15) is 0 Å². The predicted molar refractivity (Wildman–Crippen MR) is 88.6 cm³/mol. The molecule has 0 fully saturated rings. The van der Waals surface area contributed by atoms with Gasteiger partial charge < -0.3 is 0 Å². The van der Waals surface area contributed by atoms with Crippen LogP contribution in [0, 0.1) is 6.92 Å². The first-order chi connectivity index (χ1) is 9.77. The van der Waals surface area contributed by atoms with Crippen LogP contribution in [0.5, 0.6) is 0 Å². The molecule has 0 saturated heterocycles. The average Bonchev–Trinajstić information content (AvgIpc) is 2.47. The van der Waals surface area contributed by atoms with Gasteiger partial charge in [-0.1, -0.05) is 76.1 Å². The van der Waals surface area contributed by atoms with Gasteiger partial charge in [-0.05, 0) is 30.9 Å². The van der Waals surface area contributed by atoms with Gasteiger partial charge >= 0.3 is 0 Å². The molecule has 0 saturated carbocycles. The second-order valence-corrected chi connectivity index (χ2v) is 5.90. The summed E-state index contributed by atoms with van der Waals surface area (Å²) in [5.74, 6) is 5.70. The fourth-order valence-electron chi connectivity index (χ4n) is 2.70. The van der Waals surface area contributed by atoms with E-state index in [1.807, 2.05) is 0 Å². The Kier molecular flexibility index (Phi) is 9.35. The van der Waals surface area contributed by atoms with Crippen LogP contribution in [0.2, 0.25) is 0 Å². The van der Waals surface area contributed by atoms with Crippen molar-refractivity contribution in [3.8, 4) is 0 Å². The molecule has 0 aliphatic heterocycles. The molecule has 0 aliphatic carbocycles. The summed E-state index contributed by atoms with van der Waals surface area (Å²) >= 11 is 0. The molecule has 2 heteroatoms. The molecular weight excluding hydrogens is 244 g/mol. The van der Waals surface area contributed by atoms with E-state index in [9.17, 15) is 0 Å². The van der Waals surface area contributed by atoms with Crippen molar-refractivity contribution in [2.75, 3.05) is 0 Å². The molecule has 1 aromatic carbocycles. The van der Waals surface area contributed by atoms with Crippen LogP contribution in [0.25, 0.3) is 0 Å². The molecule has 20 heavy (non-hydrogen) atoms. The summed E-state index contributed by atoms with van der Waals surface area (Å²) in [7, 11) is 0. The molecule has 0 heterocycles. The maximum atomic E-state index is 5.70. The van der Waals surface area contributed by atoms with Crippen LogP contribution in [0.15, 0.2) is 24.3 Å². The highest BCUT2D eigenvalue weighted by Gasteiger charge is 2.08. The molecule has 0 bridgehead atoms. The third-order valence-electron chi connectivity index (χ3n) is 4.12. The van der Waals surface area contributed by atoms with Crippen LogP contribution in [-0.4, -0.2) is 6.04 Å². The van der Waals surface area contributed by atoms with E-state index in [0.29, 0.717) is 6.04 Å². The molecule has 1 atom stereocenters. The largest absolute Gasteiger partial charge is 0.271 e. The summed E-state index contributed by atoms with van der Waals surface area (Å²) < 4.78 is 0. The van der Waals surface area contributed by atoms with Gasteiger partial charge in [0.25, 0.3) is 0 Å². The molecule has 0 spiro atoms. The van der Waals surface area contributed by atoms with Crippen LogP contribution >= 0.6 is 0 Å². The number of hydrogen-bond donors (Lipinski definition) is 2. The SMILES string of the molecule is CCCCCCCCCC(Cc1ccccc1C)NN. The number of nitrogens with one attached hydrogen (secondary N) is 1. The summed E-state index contributed by atoms with van der Waals surface area (Å²) in [5.41, 5.74) is 5.77. The fourth-order valence-corrected chi connectivity index (χ4v) is 2.70. The normalized spacial score (nSPS) is 12.6. The first kappa shape index (κ1) is 17.2. The quantitative estimate of drug-likeness (QED) is 0.354. The summed E-state index contributed by atoms with van der Waals surface area (Å²) in [6.07, 6.45) is 11.7. The van der Waals surface area contributed by atoms with Gasteiger partial charge in [-0.15, -0.1) is 0 Å². The Balaban J connectivity index is 2.18. The van der Waals surface area contributed by atoms with E-state index in [-0.39, 0.29) is 0 Å². The second kappa shape index (κ2) is 10.9. The van der Waals surface area contributed by atoms with Crippen LogP contribution in [-0.2, 0) is 6.42 Å². The molecule has 0 aliphatic rings. The monoisotopic (exact) mass is 276 g/mol. The summed E-state index contributed by atoms with van der Waals surface area (Å²) in [4.78, 5) is 0. The molecule has 2 nitrogen and oxygen atoms in total. The van der Waals surface area contributed by atoms with Crippen molar-refractivity contribution < 1.29 is 0 Å². The zero-order chi connectivity index (χ0) is 14.6. The maximum absolute atomic E-state index is 5.70. The van der Waals surface area contributed by atoms with Gasteiger partial charge in [-0.25, -0.2) is 0 Å². The van der Waals surface area contributed by atoms with Crippen LogP contribution < -0.4 is 11.3 Å². The lowest BCUT2D eigenvalue weighted by Crippen LogP contribution is -2.36. The number of aryl methyl sites for hydroxylation is 1. The van der Waals surface area contributed by atoms with E-state index in [1.165, 1.54) is 62.5 Å². The highest BCUT2D eigenvalue weighted by Crippen LogP contribution is 2.14. The van der Waals surface area contributed by atoms with Crippen molar-refractivity contribution in [1.82, 2.24) is 5.43 Å². The van der Waals surface area contributed by atoms with Gasteiger partial charge in [0.05, 0.1) is 0 Å². The average molecular weight is 276 g/mol. The van der Waals surface area contributed by atoms with Crippen LogP contribution in [0.1, 0.15) is 69.4 Å². The maximum Gasteiger partial charge on any atom is 0.0251 e. The number of rotatable bonds is 11. The van der Waals surface area contributed by atoms with E-state index >= 15 is 0 Å². The fraction of sp³-hybridized carbons (Fsp3) is 0.667. The topological polar surface area (TPSA) is 38.0 Å². The second-order valence-electron chi connectivity index (χ2n) is 5.90. The van der Waals surface area contributed by atoms with Crippen molar-refractivity contribution in [3.05, 3.63) is 35.4 Å². The number of hydrazine groups is 1. The Morgan fingerprint density at radius 3 is 2.30 bits per heavy atom. The Labute approximate surface area is 125 Å². The van der Waals surface area contributed by atoms with Gasteiger partial charge in [0.15, 0.2) is 0 Å². The van der Waals surface area contributed by atoms with Crippen molar-refractivity contribution in [3.63, 3.8) is 0 Å². The van der Waals surface area contributed by atoms with Crippen molar-refractivity contribution in [1.29, 1.82) is 0 Å². The molecular formula is C18H32N2. The highest BCUT2D eigenvalue weighted by molar-refractivity contribution is 5.26. The van der Waals surface area contributed by atoms with Crippen LogP contribution in [0.3, 0.4) is 0 Å². The predicted octanol–water partition coefficient (Wildman–Crippen LogP) is 4.51. The molecule has 0 aromatic heterocycles. The number of hydrogen-bond acceptors (Lipinski definition) is 2. The Morgan fingerprint density at radius 2 is 1.65 bits per heavy atom. The van der Waals surface area contributed by atoms with E-state index in [1.54, 1.807) is 0 Å². The van der Waals surface area contributed by atoms with Gasteiger partial charge in [0.1, 0.15) is 0 Å². The van der Waals surface area contributed by atoms with Gasteiger partial charge in [0.2, 0.25) is 0 Å². The Hall–Kier alpha value is -0.860. The molecule has 0 amide bonds. The molecule has 3 N–H and O–H groups in total. The van der Waals surface area contributed by atoms with Crippen molar-refractivity contribution >= 4 is 0 Å². The van der Waals surface area contributed by atoms with E-state index in [4.69, 9.17) is 5.84 Å². The molecule has 1 aromatic rings. The highest BCUT2D eigenvalue weighted by atomic mass is 15.2. The summed E-state index contributed by atoms with van der Waals surface area (Å²) in [6.45, 7) is 4.44. The molecule has 1 rings (SSSR count). The standard InChI is InChI=1S/C18H32N2/c1-3-4-5-6-7-8-9-14-18(20-19)15-17-13-11-10-12-16(17)2/h10-13,18,20H,3-9,14-15,19H2,1-2H3. The lowest BCUT2D eigenvalue weighted by Gasteiger charge is -2.17. The van der Waals surface area contributed by atoms with E-state index < -0.39 is 0 Å². The third-order valence-corrected chi connectivity index (χ3v) is 4.12. The molecule has 0 radical (unpaired) electrons. The lowest BCUT2D eigenvalue weighted by molar-refractivity contribution is 0.458. The Bertz CT molecular complexity index is 349. The first-order valence-electron chi connectivity index (χ1n) is 8.28. The van der Waals surface area contributed by atoms with E-state index in [0.717, 1.165) is 6.42 Å². The molecule has 114 valence electrons. The zero-order valence-corrected chi connectivity index (χ0v) is 13.3. The minimum atomic E-state index is 0.409. The minimum absolute atomic E-state index is 0.409. The number of benzene rings is 1.